The number of rotatable bonds is 12. The summed E-state index contributed by atoms with van der Waals surface area (Å²) in [4.78, 5) is 2.12. The number of benzene rings is 1. The molecule has 2 aromatic rings. The summed E-state index contributed by atoms with van der Waals surface area (Å²) in [7, 11) is 3.43. The Kier molecular flexibility index (Phi) is 8.98. The van der Waals surface area contributed by atoms with Crippen LogP contribution in [-0.4, -0.2) is 55.6 Å². The van der Waals surface area contributed by atoms with Gasteiger partial charge in [0.25, 0.3) is 0 Å². The summed E-state index contributed by atoms with van der Waals surface area (Å²) < 4.78 is 57.2. The van der Waals surface area contributed by atoms with Gasteiger partial charge in [-0.1, -0.05) is 13.3 Å². The first-order valence-electron chi connectivity index (χ1n) is 10.0. The van der Waals surface area contributed by atoms with E-state index in [0.717, 1.165) is 31.0 Å². The van der Waals surface area contributed by atoms with Crippen molar-refractivity contribution in [1.29, 1.82) is 0 Å². The molecule has 168 valence electrons. The number of alkyl halides is 3. The number of nitrogens with zero attached hydrogens (tertiary/aromatic N) is 2. The lowest BCUT2D eigenvalue weighted by atomic mass is 10.0. The fourth-order valence-corrected chi connectivity index (χ4v) is 3.07. The Balaban J connectivity index is 2.48. The van der Waals surface area contributed by atoms with Crippen molar-refractivity contribution in [2.24, 2.45) is 0 Å². The van der Waals surface area contributed by atoms with Crippen LogP contribution < -0.4 is 9.47 Å². The van der Waals surface area contributed by atoms with E-state index in [0.29, 0.717) is 30.2 Å². The molecule has 1 aromatic carbocycles. The lowest BCUT2D eigenvalue weighted by Gasteiger charge is -2.20. The average molecular weight is 429 g/mol. The maximum atomic E-state index is 13.8. The summed E-state index contributed by atoms with van der Waals surface area (Å²) >= 11 is 0. The van der Waals surface area contributed by atoms with E-state index in [1.165, 1.54) is 13.2 Å². The van der Waals surface area contributed by atoms with Gasteiger partial charge in [-0.2, -0.15) is 18.3 Å². The van der Waals surface area contributed by atoms with Gasteiger partial charge in [-0.25, -0.2) is 0 Å². The molecule has 1 heterocycles. The van der Waals surface area contributed by atoms with Gasteiger partial charge in [-0.3, -0.25) is 5.10 Å². The molecule has 0 saturated carbocycles. The Bertz CT molecular complexity index is 794. The number of halogens is 3. The van der Waals surface area contributed by atoms with Gasteiger partial charge < -0.3 is 19.1 Å². The largest absolute Gasteiger partial charge is 0.493 e. The van der Waals surface area contributed by atoms with E-state index in [1.807, 2.05) is 7.05 Å². The van der Waals surface area contributed by atoms with Crippen molar-refractivity contribution >= 4 is 0 Å². The van der Waals surface area contributed by atoms with E-state index in [9.17, 15) is 13.2 Å². The molecule has 0 bridgehead atoms. The van der Waals surface area contributed by atoms with Crippen LogP contribution in [0.25, 0.3) is 11.3 Å². The zero-order chi connectivity index (χ0) is 22.1. The molecule has 0 fully saturated rings. The van der Waals surface area contributed by atoms with Crippen LogP contribution >= 0.6 is 0 Å². The molecule has 0 amide bonds. The van der Waals surface area contributed by atoms with Crippen LogP contribution in [0.5, 0.6) is 11.5 Å². The van der Waals surface area contributed by atoms with Crippen molar-refractivity contribution in [3.05, 3.63) is 29.5 Å². The summed E-state index contributed by atoms with van der Waals surface area (Å²) in [6.45, 7) is 5.82. The molecule has 1 aromatic heterocycles. The number of aromatic amines is 1. The Morgan fingerprint density at radius 1 is 1.10 bits per heavy atom. The van der Waals surface area contributed by atoms with E-state index >= 15 is 0 Å². The van der Waals surface area contributed by atoms with Gasteiger partial charge in [0.2, 0.25) is 0 Å². The predicted octanol–water partition coefficient (Wildman–Crippen LogP) is 4.75. The van der Waals surface area contributed by atoms with E-state index in [-0.39, 0.29) is 19.0 Å². The number of H-pyrrole nitrogens is 1. The first-order valence-corrected chi connectivity index (χ1v) is 10.0. The first-order chi connectivity index (χ1) is 14.3. The third-order valence-corrected chi connectivity index (χ3v) is 4.55. The highest BCUT2D eigenvalue weighted by Crippen LogP contribution is 2.43. The van der Waals surface area contributed by atoms with Crippen LogP contribution in [0.3, 0.4) is 0 Å². The minimum Gasteiger partial charge on any atom is -0.493 e. The molecule has 0 aliphatic carbocycles. The third kappa shape index (κ3) is 6.37. The van der Waals surface area contributed by atoms with E-state index in [4.69, 9.17) is 14.2 Å². The summed E-state index contributed by atoms with van der Waals surface area (Å²) in [5.41, 5.74) is 0.753. The highest BCUT2D eigenvalue weighted by atomic mass is 19.4. The zero-order valence-electron chi connectivity index (χ0n) is 17.9. The highest BCUT2D eigenvalue weighted by molar-refractivity contribution is 5.72. The number of hydrogen-bond acceptors (Lipinski definition) is 5. The number of unbranched alkanes of at least 4 members (excludes halogenated alkanes) is 1. The molecule has 0 radical (unpaired) electrons. The molecule has 30 heavy (non-hydrogen) atoms. The van der Waals surface area contributed by atoms with Gasteiger partial charge in [-0.15, -0.1) is 0 Å². The normalized spacial score (nSPS) is 11.9. The smallest absolute Gasteiger partial charge is 0.419 e. The van der Waals surface area contributed by atoms with Gasteiger partial charge in [-0.05, 0) is 33.0 Å². The summed E-state index contributed by atoms with van der Waals surface area (Å²) in [5, 5.41) is 6.92. The van der Waals surface area contributed by atoms with Crippen molar-refractivity contribution in [3.63, 3.8) is 0 Å². The lowest BCUT2D eigenvalue weighted by molar-refractivity contribution is -0.139. The maximum absolute atomic E-state index is 13.8. The lowest BCUT2D eigenvalue weighted by Crippen LogP contribution is -2.19. The molecule has 0 atom stereocenters. The molecule has 0 unspecified atom stereocenters. The molecule has 6 nitrogen and oxygen atoms in total. The molecule has 0 aliphatic rings. The second-order valence-electron chi connectivity index (χ2n) is 6.98. The van der Waals surface area contributed by atoms with Crippen LogP contribution in [-0.2, 0) is 17.5 Å². The number of nitrogens with one attached hydrogen (secondary N) is 1. The standard InChI is InChI=1S/C21H30F3N3O3/c1-5-7-8-27(3)14-15-13-25-26-20(15)16-11-17(21(22,23)24)19(30-10-9-28-4)12-18(16)29-6-2/h11-13H,5-10,14H2,1-4H3,(H,25,26). The molecule has 2 rings (SSSR count). The summed E-state index contributed by atoms with van der Waals surface area (Å²) in [5.74, 6) is 0.0208. The number of ether oxygens (including phenoxy) is 3. The molecule has 9 heteroatoms. The quantitative estimate of drug-likeness (QED) is 0.494. The van der Waals surface area contributed by atoms with Crippen molar-refractivity contribution in [3.8, 4) is 22.8 Å². The molecular formula is C21H30F3N3O3. The Morgan fingerprint density at radius 3 is 2.50 bits per heavy atom. The minimum absolute atomic E-state index is 0.00201. The number of aromatic nitrogens is 2. The van der Waals surface area contributed by atoms with E-state index in [1.54, 1.807) is 13.1 Å². The van der Waals surface area contributed by atoms with E-state index in [2.05, 4.69) is 22.0 Å². The van der Waals surface area contributed by atoms with Crippen molar-refractivity contribution in [2.75, 3.05) is 40.5 Å². The summed E-state index contributed by atoms with van der Waals surface area (Å²) in [6, 6.07) is 2.36. The van der Waals surface area contributed by atoms with Gasteiger partial charge in [0.15, 0.2) is 0 Å². The fraction of sp³-hybridized carbons (Fsp3) is 0.571. The van der Waals surface area contributed by atoms with Gasteiger partial charge in [0.05, 0.1) is 30.7 Å². The summed E-state index contributed by atoms with van der Waals surface area (Å²) in [6.07, 6.45) is -0.833. The molecule has 0 spiro atoms. The van der Waals surface area contributed by atoms with Crippen molar-refractivity contribution < 1.29 is 27.4 Å². The topological polar surface area (TPSA) is 59.6 Å². The monoisotopic (exact) mass is 429 g/mol. The van der Waals surface area contributed by atoms with Gasteiger partial charge >= 0.3 is 6.18 Å². The second-order valence-corrected chi connectivity index (χ2v) is 6.98. The minimum atomic E-state index is -4.58. The fourth-order valence-electron chi connectivity index (χ4n) is 3.07. The maximum Gasteiger partial charge on any atom is 0.419 e. The Hall–Kier alpha value is -2.26. The number of hydrogen-bond donors (Lipinski definition) is 1. The molecule has 1 N–H and O–H groups in total. The number of methoxy groups -OCH3 is 1. The van der Waals surface area contributed by atoms with Crippen LogP contribution in [0.4, 0.5) is 13.2 Å². The van der Waals surface area contributed by atoms with Gasteiger partial charge in [0, 0.05) is 30.8 Å². The predicted molar refractivity (Wildman–Crippen MR) is 109 cm³/mol. The van der Waals surface area contributed by atoms with Gasteiger partial charge in [0.1, 0.15) is 18.1 Å². The third-order valence-electron chi connectivity index (χ3n) is 4.55. The molecule has 0 aliphatic heterocycles. The highest BCUT2D eigenvalue weighted by Gasteiger charge is 2.36. The van der Waals surface area contributed by atoms with Crippen LogP contribution in [0.2, 0.25) is 0 Å². The van der Waals surface area contributed by atoms with Crippen molar-refractivity contribution in [2.45, 2.75) is 39.4 Å². The molecular weight excluding hydrogens is 399 g/mol. The van der Waals surface area contributed by atoms with E-state index < -0.39 is 11.7 Å². The Labute approximate surface area is 175 Å². The zero-order valence-corrected chi connectivity index (χ0v) is 17.9. The van der Waals surface area contributed by atoms with Crippen LogP contribution in [0, 0.1) is 0 Å². The second kappa shape index (κ2) is 11.2. The van der Waals surface area contributed by atoms with Crippen molar-refractivity contribution in [1.82, 2.24) is 15.1 Å². The molecule has 0 saturated heterocycles. The average Bonchev–Trinajstić information content (AvgIpc) is 3.13. The first kappa shape index (κ1) is 24.0. The van der Waals surface area contributed by atoms with Crippen LogP contribution in [0.15, 0.2) is 18.3 Å². The van der Waals surface area contributed by atoms with Crippen LogP contribution in [0.1, 0.15) is 37.8 Å². The SMILES string of the molecule is CCCCN(C)Cc1cn[nH]c1-c1cc(C(F)(F)F)c(OCCOC)cc1OCC. The Morgan fingerprint density at radius 2 is 1.87 bits per heavy atom.